The number of nitrogens with zero attached hydrogens (tertiary/aromatic N) is 2. The number of ether oxygens (including phenoxy) is 1. The number of carbonyl (C=O) groups excluding carboxylic acids is 1. The summed E-state index contributed by atoms with van der Waals surface area (Å²) < 4.78 is 7.20. The molecule has 1 aromatic heterocycles. The molecule has 0 radical (unpaired) electrons. The molecule has 6 nitrogen and oxygen atoms in total. The lowest BCUT2D eigenvalue weighted by molar-refractivity contribution is -0.129. The lowest BCUT2D eigenvalue weighted by atomic mass is 9.90. The molecule has 25 heavy (non-hydrogen) atoms. The van der Waals surface area contributed by atoms with Crippen LogP contribution in [0.25, 0.3) is 5.69 Å². The van der Waals surface area contributed by atoms with Crippen LogP contribution in [0.1, 0.15) is 29.8 Å². The number of carbonyl (C=O) groups is 1. The Hall–Kier alpha value is -1.89. The fourth-order valence-electron chi connectivity index (χ4n) is 3.05. The molecular weight excluding hydrogens is 340 g/mol. The Labute approximate surface area is 154 Å². The molecule has 1 aromatic carbocycles. The summed E-state index contributed by atoms with van der Waals surface area (Å²) in [7, 11) is 0. The minimum Gasteiger partial charge on any atom is -0.381 e. The number of amides is 1. The van der Waals surface area contributed by atoms with Crippen molar-refractivity contribution in [2.24, 2.45) is 5.73 Å². The summed E-state index contributed by atoms with van der Waals surface area (Å²) in [5.74, 6) is -0.117. The predicted octanol–water partition coefficient (Wildman–Crippen LogP) is 2.04. The van der Waals surface area contributed by atoms with Crippen LogP contribution in [-0.2, 0) is 16.1 Å². The van der Waals surface area contributed by atoms with Crippen molar-refractivity contribution in [3.8, 4) is 5.69 Å². The van der Waals surface area contributed by atoms with E-state index in [-0.39, 0.29) is 18.3 Å². The van der Waals surface area contributed by atoms with Crippen LogP contribution in [0.5, 0.6) is 0 Å². The summed E-state index contributed by atoms with van der Waals surface area (Å²) in [6.07, 6.45) is 1.11. The zero-order valence-corrected chi connectivity index (χ0v) is 15.4. The largest absolute Gasteiger partial charge is 0.381 e. The number of nitrogens with one attached hydrogen (secondary N) is 1. The van der Waals surface area contributed by atoms with Crippen LogP contribution in [-0.4, -0.2) is 34.4 Å². The number of benzene rings is 1. The van der Waals surface area contributed by atoms with Crippen LogP contribution >= 0.6 is 12.4 Å². The van der Waals surface area contributed by atoms with E-state index >= 15 is 0 Å². The second-order valence-corrected chi connectivity index (χ2v) is 6.42. The lowest BCUT2D eigenvalue weighted by Crippen LogP contribution is -2.56. The molecule has 1 saturated heterocycles. The van der Waals surface area contributed by atoms with Gasteiger partial charge in [0.05, 0.1) is 16.9 Å². The number of aromatic nitrogens is 2. The molecule has 2 aromatic rings. The van der Waals surface area contributed by atoms with Crippen LogP contribution in [0, 0.1) is 13.8 Å². The van der Waals surface area contributed by atoms with Gasteiger partial charge in [-0.1, -0.05) is 18.2 Å². The van der Waals surface area contributed by atoms with Crippen molar-refractivity contribution in [3.63, 3.8) is 0 Å². The van der Waals surface area contributed by atoms with Gasteiger partial charge in [0.15, 0.2) is 0 Å². The Morgan fingerprint density at radius 1 is 1.32 bits per heavy atom. The first-order chi connectivity index (χ1) is 11.5. The number of halogens is 1. The van der Waals surface area contributed by atoms with E-state index in [1.807, 2.05) is 48.9 Å². The van der Waals surface area contributed by atoms with Crippen molar-refractivity contribution in [3.05, 3.63) is 47.3 Å². The molecule has 1 amide bonds. The number of aryl methyl sites for hydroxylation is 2. The van der Waals surface area contributed by atoms with Crippen molar-refractivity contribution in [2.75, 3.05) is 13.2 Å². The molecule has 3 rings (SSSR count). The van der Waals surface area contributed by atoms with Gasteiger partial charge in [0.1, 0.15) is 0 Å². The molecular formula is C18H25ClN4O2. The van der Waals surface area contributed by atoms with Crippen LogP contribution in [0.4, 0.5) is 0 Å². The number of para-hydroxylation sites is 1. The topological polar surface area (TPSA) is 82.2 Å². The van der Waals surface area contributed by atoms with Gasteiger partial charge in [0, 0.05) is 25.5 Å². The monoisotopic (exact) mass is 364 g/mol. The number of nitrogens with two attached hydrogens (primary N) is 1. The van der Waals surface area contributed by atoms with Crippen LogP contribution in [0.15, 0.2) is 30.3 Å². The smallest absolute Gasteiger partial charge is 0.240 e. The van der Waals surface area contributed by atoms with Gasteiger partial charge in [-0.25, -0.2) is 4.68 Å². The standard InChI is InChI=1S/C18H24N4O2.ClH/c1-13-11-14(2)22(21-13)16-6-4-3-5-15(16)12-20-17(23)18(19)7-9-24-10-8-18;/h3-6,11H,7-10,12,19H2,1-2H3,(H,20,23);1H. The molecule has 0 spiro atoms. The number of hydrogen-bond acceptors (Lipinski definition) is 4. The van der Waals surface area contributed by atoms with Crippen molar-refractivity contribution in [2.45, 2.75) is 38.8 Å². The van der Waals surface area contributed by atoms with Crippen molar-refractivity contribution < 1.29 is 9.53 Å². The van der Waals surface area contributed by atoms with Crippen molar-refractivity contribution in [1.29, 1.82) is 0 Å². The molecule has 0 unspecified atom stereocenters. The van der Waals surface area contributed by atoms with Gasteiger partial charge in [-0.15, -0.1) is 12.4 Å². The van der Waals surface area contributed by atoms with E-state index in [9.17, 15) is 4.79 Å². The third-order valence-electron chi connectivity index (χ3n) is 4.51. The average molecular weight is 365 g/mol. The maximum Gasteiger partial charge on any atom is 0.240 e. The van der Waals surface area contributed by atoms with Gasteiger partial charge in [-0.3, -0.25) is 4.79 Å². The van der Waals surface area contributed by atoms with Gasteiger partial charge in [-0.05, 0) is 44.4 Å². The van der Waals surface area contributed by atoms with Crippen molar-refractivity contribution in [1.82, 2.24) is 15.1 Å². The zero-order chi connectivity index (χ0) is 17.2. The van der Waals surface area contributed by atoms with Crippen molar-refractivity contribution >= 4 is 18.3 Å². The second-order valence-electron chi connectivity index (χ2n) is 6.42. The molecule has 0 aliphatic carbocycles. The van der Waals surface area contributed by atoms with Gasteiger partial charge in [-0.2, -0.15) is 5.10 Å². The molecule has 1 aliphatic rings. The van der Waals surface area contributed by atoms with Crippen LogP contribution in [0.3, 0.4) is 0 Å². The fourth-order valence-corrected chi connectivity index (χ4v) is 3.05. The maximum absolute atomic E-state index is 12.5. The average Bonchev–Trinajstić information content (AvgIpc) is 2.92. The SMILES string of the molecule is Cc1cc(C)n(-c2ccccc2CNC(=O)C2(N)CCOCC2)n1.Cl. The molecule has 3 N–H and O–H groups in total. The highest BCUT2D eigenvalue weighted by atomic mass is 35.5. The van der Waals surface area contributed by atoms with E-state index in [4.69, 9.17) is 10.5 Å². The zero-order valence-electron chi connectivity index (χ0n) is 14.6. The van der Waals surface area contributed by atoms with E-state index in [1.54, 1.807) is 0 Å². The molecule has 0 bridgehead atoms. The fraction of sp³-hybridized carbons (Fsp3) is 0.444. The van der Waals surface area contributed by atoms with Gasteiger partial charge in [0.2, 0.25) is 5.91 Å². The normalized spacial score (nSPS) is 16.1. The summed E-state index contributed by atoms with van der Waals surface area (Å²) in [5, 5.41) is 7.52. The summed E-state index contributed by atoms with van der Waals surface area (Å²) >= 11 is 0. The summed E-state index contributed by atoms with van der Waals surface area (Å²) in [6, 6.07) is 9.97. The molecule has 0 saturated carbocycles. The minimum absolute atomic E-state index is 0. The lowest BCUT2D eigenvalue weighted by Gasteiger charge is -2.31. The van der Waals surface area contributed by atoms with E-state index in [0.717, 1.165) is 22.6 Å². The summed E-state index contributed by atoms with van der Waals surface area (Å²) in [5.41, 5.74) is 9.41. The predicted molar refractivity (Wildman–Crippen MR) is 99.1 cm³/mol. The highest BCUT2D eigenvalue weighted by molar-refractivity contribution is 5.86. The first-order valence-electron chi connectivity index (χ1n) is 8.26. The molecule has 0 atom stereocenters. The second kappa shape index (κ2) is 7.99. The maximum atomic E-state index is 12.5. The quantitative estimate of drug-likeness (QED) is 0.869. The Kier molecular flexibility index (Phi) is 6.21. The highest BCUT2D eigenvalue weighted by Crippen LogP contribution is 2.20. The third-order valence-corrected chi connectivity index (χ3v) is 4.51. The number of rotatable bonds is 4. The molecule has 2 heterocycles. The summed E-state index contributed by atoms with van der Waals surface area (Å²) in [6.45, 7) is 5.48. The molecule has 136 valence electrons. The van der Waals surface area contributed by atoms with E-state index < -0.39 is 5.54 Å². The Morgan fingerprint density at radius 3 is 2.64 bits per heavy atom. The molecule has 1 fully saturated rings. The number of hydrogen-bond donors (Lipinski definition) is 2. The highest BCUT2D eigenvalue weighted by Gasteiger charge is 2.35. The van der Waals surface area contributed by atoms with E-state index in [1.165, 1.54) is 0 Å². The Bertz CT molecular complexity index is 738. The first-order valence-corrected chi connectivity index (χ1v) is 8.26. The van der Waals surface area contributed by atoms with Crippen LogP contribution in [0.2, 0.25) is 0 Å². The third kappa shape index (κ3) is 4.21. The van der Waals surface area contributed by atoms with Crippen LogP contribution < -0.4 is 11.1 Å². The first kappa shape index (κ1) is 19.4. The Balaban J connectivity index is 0.00000225. The van der Waals surface area contributed by atoms with E-state index in [0.29, 0.717) is 32.6 Å². The minimum atomic E-state index is -0.828. The van der Waals surface area contributed by atoms with Gasteiger partial charge in [0.25, 0.3) is 0 Å². The summed E-state index contributed by atoms with van der Waals surface area (Å²) in [4.78, 5) is 12.5. The Morgan fingerprint density at radius 2 is 2.00 bits per heavy atom. The molecule has 1 aliphatic heterocycles. The molecule has 7 heteroatoms. The van der Waals surface area contributed by atoms with E-state index in [2.05, 4.69) is 10.4 Å². The van der Waals surface area contributed by atoms with Gasteiger partial charge >= 0.3 is 0 Å². The van der Waals surface area contributed by atoms with Gasteiger partial charge < -0.3 is 15.8 Å².